The van der Waals surface area contributed by atoms with Crippen LogP contribution in [0.3, 0.4) is 0 Å². The SMILES string of the molecule is CC(CO)N(C)C(=O)c1cccc(F)c1. The molecule has 15 heavy (non-hydrogen) atoms. The molecule has 1 aromatic rings. The summed E-state index contributed by atoms with van der Waals surface area (Å²) in [7, 11) is 1.58. The molecule has 0 aromatic heterocycles. The maximum Gasteiger partial charge on any atom is 0.254 e. The summed E-state index contributed by atoms with van der Waals surface area (Å²) >= 11 is 0. The molecule has 0 spiro atoms. The van der Waals surface area contributed by atoms with E-state index in [1.54, 1.807) is 20.0 Å². The van der Waals surface area contributed by atoms with Crippen molar-refractivity contribution >= 4 is 5.91 Å². The molecule has 0 heterocycles. The lowest BCUT2D eigenvalue weighted by Gasteiger charge is -2.23. The lowest BCUT2D eigenvalue weighted by Crippen LogP contribution is -2.37. The molecule has 1 rings (SSSR count). The van der Waals surface area contributed by atoms with Crippen LogP contribution in [0.2, 0.25) is 0 Å². The Balaban J connectivity index is 2.85. The number of benzene rings is 1. The van der Waals surface area contributed by atoms with Crippen LogP contribution in [0.25, 0.3) is 0 Å². The molecule has 0 aliphatic heterocycles. The van der Waals surface area contributed by atoms with Crippen LogP contribution in [0, 0.1) is 5.82 Å². The predicted molar refractivity (Wildman–Crippen MR) is 55.0 cm³/mol. The van der Waals surface area contributed by atoms with Crippen LogP contribution in [0.1, 0.15) is 17.3 Å². The van der Waals surface area contributed by atoms with Gasteiger partial charge in [-0.2, -0.15) is 0 Å². The van der Waals surface area contributed by atoms with Gasteiger partial charge in [0.15, 0.2) is 0 Å². The molecule has 1 amide bonds. The van der Waals surface area contributed by atoms with Gasteiger partial charge < -0.3 is 10.0 Å². The number of hydrogen-bond acceptors (Lipinski definition) is 2. The third-order valence-electron chi connectivity index (χ3n) is 2.32. The average Bonchev–Trinajstić information content (AvgIpc) is 2.26. The monoisotopic (exact) mass is 211 g/mol. The Morgan fingerprint density at radius 2 is 2.27 bits per heavy atom. The molecule has 1 unspecified atom stereocenters. The van der Waals surface area contributed by atoms with Crippen LogP contribution in [0.15, 0.2) is 24.3 Å². The molecule has 82 valence electrons. The van der Waals surface area contributed by atoms with E-state index in [-0.39, 0.29) is 24.1 Å². The molecule has 1 N–H and O–H groups in total. The van der Waals surface area contributed by atoms with E-state index in [9.17, 15) is 9.18 Å². The number of halogens is 1. The highest BCUT2D eigenvalue weighted by molar-refractivity contribution is 5.94. The van der Waals surface area contributed by atoms with Gasteiger partial charge in [0, 0.05) is 12.6 Å². The third-order valence-corrected chi connectivity index (χ3v) is 2.32. The highest BCUT2D eigenvalue weighted by Crippen LogP contribution is 2.08. The first-order chi connectivity index (χ1) is 7.06. The van der Waals surface area contributed by atoms with Gasteiger partial charge >= 0.3 is 0 Å². The zero-order chi connectivity index (χ0) is 11.4. The summed E-state index contributed by atoms with van der Waals surface area (Å²) in [6.07, 6.45) is 0. The Bertz CT molecular complexity index is 354. The van der Waals surface area contributed by atoms with Crippen molar-refractivity contribution in [3.05, 3.63) is 35.6 Å². The smallest absolute Gasteiger partial charge is 0.254 e. The molecule has 0 aliphatic carbocycles. The number of amides is 1. The third kappa shape index (κ3) is 2.76. The first kappa shape index (κ1) is 11.7. The van der Waals surface area contributed by atoms with Crippen LogP contribution >= 0.6 is 0 Å². The predicted octanol–water partition coefficient (Wildman–Crippen LogP) is 1.28. The van der Waals surface area contributed by atoms with Crippen molar-refractivity contribution in [3.63, 3.8) is 0 Å². The molecule has 0 saturated carbocycles. The lowest BCUT2D eigenvalue weighted by molar-refractivity contribution is 0.0681. The molecule has 1 atom stereocenters. The maximum atomic E-state index is 12.9. The van der Waals surface area contributed by atoms with Gasteiger partial charge in [0.05, 0.1) is 12.6 Å². The summed E-state index contributed by atoms with van der Waals surface area (Å²) in [5.41, 5.74) is 0.290. The van der Waals surface area contributed by atoms with Gasteiger partial charge in [-0.05, 0) is 25.1 Å². The van der Waals surface area contributed by atoms with Gasteiger partial charge in [0.2, 0.25) is 0 Å². The Labute approximate surface area is 88.1 Å². The molecule has 4 heteroatoms. The van der Waals surface area contributed by atoms with E-state index in [0.29, 0.717) is 0 Å². The minimum absolute atomic E-state index is 0.114. The summed E-state index contributed by atoms with van der Waals surface area (Å²) in [6.45, 7) is 1.61. The second-order valence-corrected chi connectivity index (χ2v) is 3.46. The molecule has 0 fully saturated rings. The van der Waals surface area contributed by atoms with Crippen molar-refractivity contribution in [2.45, 2.75) is 13.0 Å². The first-order valence-corrected chi connectivity index (χ1v) is 4.70. The highest BCUT2D eigenvalue weighted by atomic mass is 19.1. The van der Waals surface area contributed by atoms with E-state index in [4.69, 9.17) is 5.11 Å². The van der Waals surface area contributed by atoms with Gasteiger partial charge in [-0.25, -0.2) is 4.39 Å². The Hall–Kier alpha value is -1.42. The normalized spacial score (nSPS) is 12.3. The van der Waals surface area contributed by atoms with Gasteiger partial charge in [-0.1, -0.05) is 6.07 Å². The van der Waals surface area contributed by atoms with Gasteiger partial charge in [0.25, 0.3) is 5.91 Å². The Kier molecular flexibility index (Phi) is 3.80. The fourth-order valence-corrected chi connectivity index (χ4v) is 1.15. The quantitative estimate of drug-likeness (QED) is 0.818. The second-order valence-electron chi connectivity index (χ2n) is 3.46. The van der Waals surface area contributed by atoms with Crippen molar-refractivity contribution < 1.29 is 14.3 Å². The number of aliphatic hydroxyl groups is 1. The van der Waals surface area contributed by atoms with Crippen LogP contribution in [-0.2, 0) is 0 Å². The molecular formula is C11H14FNO2. The summed E-state index contributed by atoms with van der Waals surface area (Å²) in [4.78, 5) is 13.1. The van der Waals surface area contributed by atoms with E-state index in [1.807, 2.05) is 0 Å². The number of nitrogens with zero attached hydrogens (tertiary/aromatic N) is 1. The van der Waals surface area contributed by atoms with Crippen LogP contribution in [0.4, 0.5) is 4.39 Å². The summed E-state index contributed by atoms with van der Waals surface area (Å²) in [6, 6.07) is 5.22. The Morgan fingerprint density at radius 3 is 2.80 bits per heavy atom. The lowest BCUT2D eigenvalue weighted by atomic mass is 10.2. The second kappa shape index (κ2) is 4.89. The number of carbonyl (C=O) groups excluding carboxylic acids is 1. The molecule has 1 aromatic carbocycles. The Morgan fingerprint density at radius 1 is 1.60 bits per heavy atom. The zero-order valence-corrected chi connectivity index (χ0v) is 8.77. The van der Waals surface area contributed by atoms with Gasteiger partial charge in [0.1, 0.15) is 5.82 Å². The largest absolute Gasteiger partial charge is 0.394 e. The molecule has 3 nitrogen and oxygen atoms in total. The molecule has 0 aliphatic rings. The first-order valence-electron chi connectivity index (χ1n) is 4.70. The van der Waals surface area contributed by atoms with E-state index in [1.165, 1.54) is 23.1 Å². The molecule has 0 saturated heterocycles. The van der Waals surface area contributed by atoms with Gasteiger partial charge in [-0.3, -0.25) is 4.79 Å². The van der Waals surface area contributed by atoms with E-state index in [2.05, 4.69) is 0 Å². The standard InChI is InChI=1S/C11H14FNO2/c1-8(7-14)13(2)11(15)9-4-3-5-10(12)6-9/h3-6,8,14H,7H2,1-2H3. The topological polar surface area (TPSA) is 40.5 Å². The fourth-order valence-electron chi connectivity index (χ4n) is 1.15. The van der Waals surface area contributed by atoms with Crippen molar-refractivity contribution in [1.29, 1.82) is 0 Å². The van der Waals surface area contributed by atoms with Crippen LogP contribution in [-0.4, -0.2) is 35.6 Å². The zero-order valence-electron chi connectivity index (χ0n) is 8.77. The molecule has 0 bridgehead atoms. The van der Waals surface area contributed by atoms with Crippen molar-refractivity contribution in [2.75, 3.05) is 13.7 Å². The van der Waals surface area contributed by atoms with E-state index in [0.717, 1.165) is 0 Å². The summed E-state index contributed by atoms with van der Waals surface area (Å²) in [5.74, 6) is -0.734. The maximum absolute atomic E-state index is 12.9. The average molecular weight is 211 g/mol. The molecular weight excluding hydrogens is 197 g/mol. The molecule has 0 radical (unpaired) electrons. The van der Waals surface area contributed by atoms with E-state index >= 15 is 0 Å². The highest BCUT2D eigenvalue weighted by Gasteiger charge is 2.16. The van der Waals surface area contributed by atoms with Crippen molar-refractivity contribution in [1.82, 2.24) is 4.90 Å². The van der Waals surface area contributed by atoms with Crippen molar-refractivity contribution in [3.8, 4) is 0 Å². The number of aliphatic hydroxyl groups excluding tert-OH is 1. The van der Waals surface area contributed by atoms with Gasteiger partial charge in [-0.15, -0.1) is 0 Å². The van der Waals surface area contributed by atoms with E-state index < -0.39 is 5.82 Å². The van der Waals surface area contributed by atoms with Crippen LogP contribution < -0.4 is 0 Å². The fraction of sp³-hybridized carbons (Fsp3) is 0.364. The number of rotatable bonds is 3. The minimum atomic E-state index is -0.439. The number of hydrogen-bond donors (Lipinski definition) is 1. The number of likely N-dealkylation sites (N-methyl/N-ethyl adjacent to an activating group) is 1. The number of carbonyl (C=O) groups is 1. The summed E-state index contributed by atoms with van der Waals surface area (Å²) < 4.78 is 12.9. The minimum Gasteiger partial charge on any atom is -0.394 e. The van der Waals surface area contributed by atoms with Crippen LogP contribution in [0.5, 0.6) is 0 Å². The van der Waals surface area contributed by atoms with Crippen molar-refractivity contribution in [2.24, 2.45) is 0 Å². The summed E-state index contributed by atoms with van der Waals surface area (Å²) in [5, 5.41) is 8.89.